The van der Waals surface area contributed by atoms with Crippen molar-refractivity contribution < 1.29 is 14.3 Å². The van der Waals surface area contributed by atoms with Crippen molar-refractivity contribution in [2.45, 2.75) is 25.3 Å². The SMILES string of the molecule is COc1ccc(C2CCCN2CC(=O)NCCc2ccccc2OC)cc1. The normalized spacial score (nSPS) is 16.9. The van der Waals surface area contributed by atoms with Crippen LogP contribution in [0.5, 0.6) is 11.5 Å². The molecule has 0 spiro atoms. The molecule has 1 fully saturated rings. The van der Waals surface area contributed by atoms with Crippen LogP contribution in [0.1, 0.15) is 30.0 Å². The van der Waals surface area contributed by atoms with Gasteiger partial charge in [0, 0.05) is 12.6 Å². The Morgan fingerprint density at radius 1 is 1.11 bits per heavy atom. The second-order valence-corrected chi connectivity index (χ2v) is 6.81. The van der Waals surface area contributed by atoms with Gasteiger partial charge in [-0.3, -0.25) is 9.69 Å². The number of nitrogens with one attached hydrogen (secondary N) is 1. The van der Waals surface area contributed by atoms with E-state index >= 15 is 0 Å². The summed E-state index contributed by atoms with van der Waals surface area (Å²) < 4.78 is 10.6. The largest absolute Gasteiger partial charge is 0.497 e. The van der Waals surface area contributed by atoms with E-state index in [0.717, 1.165) is 42.9 Å². The lowest BCUT2D eigenvalue weighted by Crippen LogP contribution is -2.37. The zero-order valence-corrected chi connectivity index (χ0v) is 16.1. The molecule has 1 aliphatic rings. The zero-order chi connectivity index (χ0) is 19.1. The maximum atomic E-state index is 12.4. The van der Waals surface area contributed by atoms with E-state index < -0.39 is 0 Å². The van der Waals surface area contributed by atoms with Crippen molar-refractivity contribution in [3.8, 4) is 11.5 Å². The number of hydrogen-bond donors (Lipinski definition) is 1. The first-order valence-electron chi connectivity index (χ1n) is 9.48. The highest BCUT2D eigenvalue weighted by Gasteiger charge is 2.27. The summed E-state index contributed by atoms with van der Waals surface area (Å²) >= 11 is 0. The third-order valence-corrected chi connectivity index (χ3v) is 5.12. The summed E-state index contributed by atoms with van der Waals surface area (Å²) in [5.74, 6) is 1.80. The number of nitrogens with zero attached hydrogens (tertiary/aromatic N) is 1. The van der Waals surface area contributed by atoms with Gasteiger partial charge in [0.2, 0.25) is 5.91 Å². The smallest absolute Gasteiger partial charge is 0.234 e. The number of likely N-dealkylation sites (tertiary alicyclic amines) is 1. The first kappa shape index (κ1) is 19.2. The fraction of sp³-hybridized carbons (Fsp3) is 0.409. The van der Waals surface area contributed by atoms with E-state index in [1.54, 1.807) is 14.2 Å². The summed E-state index contributed by atoms with van der Waals surface area (Å²) in [6.07, 6.45) is 2.96. The van der Waals surface area contributed by atoms with E-state index in [2.05, 4.69) is 22.3 Å². The number of amides is 1. The first-order valence-corrected chi connectivity index (χ1v) is 9.48. The molecular weight excluding hydrogens is 340 g/mol. The number of rotatable bonds is 8. The van der Waals surface area contributed by atoms with Crippen LogP contribution < -0.4 is 14.8 Å². The minimum absolute atomic E-state index is 0.0744. The molecule has 0 bridgehead atoms. The van der Waals surface area contributed by atoms with Crippen molar-refractivity contribution in [2.75, 3.05) is 33.9 Å². The second-order valence-electron chi connectivity index (χ2n) is 6.81. The molecule has 0 aromatic heterocycles. The molecule has 2 aromatic carbocycles. The van der Waals surface area contributed by atoms with Gasteiger partial charge in [-0.2, -0.15) is 0 Å². The number of carbonyl (C=O) groups excluding carboxylic acids is 1. The van der Waals surface area contributed by atoms with E-state index in [4.69, 9.17) is 9.47 Å². The predicted octanol–water partition coefficient (Wildman–Crippen LogP) is 3.20. The van der Waals surface area contributed by atoms with Gasteiger partial charge in [-0.05, 0) is 55.1 Å². The van der Waals surface area contributed by atoms with E-state index in [1.165, 1.54) is 5.56 Å². The maximum absolute atomic E-state index is 12.4. The molecule has 1 aliphatic heterocycles. The van der Waals surface area contributed by atoms with E-state index in [-0.39, 0.29) is 5.91 Å². The molecular formula is C22H28N2O3. The van der Waals surface area contributed by atoms with Crippen LogP contribution in [0.15, 0.2) is 48.5 Å². The van der Waals surface area contributed by atoms with E-state index in [1.807, 2.05) is 36.4 Å². The minimum Gasteiger partial charge on any atom is -0.497 e. The lowest BCUT2D eigenvalue weighted by Gasteiger charge is -2.24. The van der Waals surface area contributed by atoms with E-state index in [9.17, 15) is 4.79 Å². The molecule has 1 amide bonds. The average Bonchev–Trinajstić information content (AvgIpc) is 3.16. The molecule has 1 atom stereocenters. The molecule has 1 heterocycles. The highest BCUT2D eigenvalue weighted by molar-refractivity contribution is 5.78. The van der Waals surface area contributed by atoms with Gasteiger partial charge in [0.1, 0.15) is 11.5 Å². The van der Waals surface area contributed by atoms with Gasteiger partial charge in [-0.1, -0.05) is 30.3 Å². The van der Waals surface area contributed by atoms with Crippen molar-refractivity contribution >= 4 is 5.91 Å². The number of ether oxygens (including phenoxy) is 2. The van der Waals surface area contributed by atoms with Gasteiger partial charge in [0.25, 0.3) is 0 Å². The fourth-order valence-electron chi connectivity index (χ4n) is 3.71. The molecule has 1 unspecified atom stereocenters. The topological polar surface area (TPSA) is 50.8 Å². The molecule has 5 heteroatoms. The van der Waals surface area contributed by atoms with Crippen LogP contribution in [0, 0.1) is 0 Å². The van der Waals surface area contributed by atoms with Gasteiger partial charge in [-0.25, -0.2) is 0 Å². The number of hydrogen-bond acceptors (Lipinski definition) is 4. The molecule has 3 rings (SSSR count). The van der Waals surface area contributed by atoms with Crippen molar-refractivity contribution in [3.63, 3.8) is 0 Å². The summed E-state index contributed by atoms with van der Waals surface area (Å²) in [6, 6.07) is 16.4. The standard InChI is InChI=1S/C22H28N2O3/c1-26-19-11-9-17(10-12-19)20-7-5-15-24(20)16-22(25)23-14-13-18-6-3-4-8-21(18)27-2/h3-4,6,8-12,20H,5,7,13-16H2,1-2H3,(H,23,25). The summed E-state index contributed by atoms with van der Waals surface area (Å²) in [6.45, 7) is 2.00. The number of carbonyl (C=O) groups is 1. The van der Waals surface area contributed by atoms with Gasteiger partial charge in [0.05, 0.1) is 20.8 Å². The van der Waals surface area contributed by atoms with Gasteiger partial charge in [-0.15, -0.1) is 0 Å². The Morgan fingerprint density at radius 2 is 1.89 bits per heavy atom. The molecule has 5 nitrogen and oxygen atoms in total. The molecule has 0 saturated carbocycles. The predicted molar refractivity (Wildman–Crippen MR) is 106 cm³/mol. The van der Waals surface area contributed by atoms with E-state index in [0.29, 0.717) is 19.1 Å². The van der Waals surface area contributed by atoms with Crippen LogP contribution in [-0.2, 0) is 11.2 Å². The van der Waals surface area contributed by atoms with Gasteiger partial charge >= 0.3 is 0 Å². The molecule has 0 aliphatic carbocycles. The van der Waals surface area contributed by atoms with Crippen LogP contribution in [-0.4, -0.2) is 44.7 Å². The van der Waals surface area contributed by atoms with Gasteiger partial charge in [0.15, 0.2) is 0 Å². The zero-order valence-electron chi connectivity index (χ0n) is 16.1. The molecule has 2 aromatic rings. The lowest BCUT2D eigenvalue weighted by atomic mass is 10.0. The Kier molecular flexibility index (Phi) is 6.71. The Bertz CT molecular complexity index is 745. The summed E-state index contributed by atoms with van der Waals surface area (Å²) in [5.41, 5.74) is 2.35. The number of benzene rings is 2. The third kappa shape index (κ3) is 5.01. The average molecular weight is 368 g/mol. The van der Waals surface area contributed by atoms with Gasteiger partial charge < -0.3 is 14.8 Å². The Balaban J connectivity index is 1.50. The minimum atomic E-state index is 0.0744. The van der Waals surface area contributed by atoms with Crippen LogP contribution in [0.2, 0.25) is 0 Å². The molecule has 27 heavy (non-hydrogen) atoms. The van der Waals surface area contributed by atoms with Crippen molar-refractivity contribution in [2.24, 2.45) is 0 Å². The molecule has 144 valence electrons. The summed E-state index contributed by atoms with van der Waals surface area (Å²) in [4.78, 5) is 14.7. The van der Waals surface area contributed by atoms with Crippen molar-refractivity contribution in [3.05, 3.63) is 59.7 Å². The number of methoxy groups -OCH3 is 2. The first-order chi connectivity index (χ1) is 13.2. The Morgan fingerprint density at radius 3 is 2.63 bits per heavy atom. The quantitative estimate of drug-likeness (QED) is 0.777. The van der Waals surface area contributed by atoms with Crippen LogP contribution >= 0.6 is 0 Å². The Labute approximate surface area is 161 Å². The number of para-hydroxylation sites is 1. The Hall–Kier alpha value is -2.53. The monoisotopic (exact) mass is 368 g/mol. The highest BCUT2D eigenvalue weighted by Crippen LogP contribution is 2.32. The summed E-state index contributed by atoms with van der Waals surface area (Å²) in [7, 11) is 3.34. The van der Waals surface area contributed by atoms with Crippen molar-refractivity contribution in [1.29, 1.82) is 0 Å². The fourth-order valence-corrected chi connectivity index (χ4v) is 3.71. The molecule has 1 saturated heterocycles. The lowest BCUT2D eigenvalue weighted by molar-refractivity contribution is -0.122. The molecule has 1 N–H and O–H groups in total. The summed E-state index contributed by atoms with van der Waals surface area (Å²) in [5, 5.41) is 3.04. The highest BCUT2D eigenvalue weighted by atomic mass is 16.5. The van der Waals surface area contributed by atoms with Crippen molar-refractivity contribution in [1.82, 2.24) is 10.2 Å². The van der Waals surface area contributed by atoms with Crippen LogP contribution in [0.25, 0.3) is 0 Å². The van der Waals surface area contributed by atoms with Crippen LogP contribution in [0.4, 0.5) is 0 Å². The molecule has 0 radical (unpaired) electrons. The third-order valence-electron chi connectivity index (χ3n) is 5.12. The maximum Gasteiger partial charge on any atom is 0.234 e. The van der Waals surface area contributed by atoms with Crippen LogP contribution in [0.3, 0.4) is 0 Å². The second kappa shape index (κ2) is 9.42.